The molecule has 1 saturated carbocycles. The molecule has 1 aliphatic carbocycles. The van der Waals surface area contributed by atoms with Crippen molar-refractivity contribution in [2.24, 2.45) is 22.1 Å². The minimum absolute atomic E-state index is 0.164. The van der Waals surface area contributed by atoms with Gasteiger partial charge in [-0.05, 0) is 55.2 Å². The summed E-state index contributed by atoms with van der Waals surface area (Å²) in [5, 5.41) is 11.5. The zero-order chi connectivity index (χ0) is 20.3. The molecule has 2 aromatic carbocycles. The largest absolute Gasteiger partial charge is 0.326 e. The van der Waals surface area contributed by atoms with Gasteiger partial charge in [0.25, 0.3) is 0 Å². The number of carbonyl (C=O) groups is 1. The average Bonchev–Trinajstić information content (AvgIpc) is 3.53. The molecule has 1 amide bonds. The van der Waals surface area contributed by atoms with Gasteiger partial charge in [0, 0.05) is 11.6 Å². The maximum Gasteiger partial charge on any atom is 0.227 e. The summed E-state index contributed by atoms with van der Waals surface area (Å²) >= 11 is 0. The molecule has 0 spiro atoms. The van der Waals surface area contributed by atoms with Crippen LogP contribution < -0.4 is 5.32 Å². The van der Waals surface area contributed by atoms with E-state index in [1.54, 1.807) is 0 Å². The van der Waals surface area contributed by atoms with Crippen molar-refractivity contribution in [2.45, 2.75) is 64.7 Å². The van der Waals surface area contributed by atoms with Crippen molar-refractivity contribution in [3.05, 3.63) is 54.6 Å². The average molecular weight is 392 g/mol. The lowest BCUT2D eigenvalue weighted by Gasteiger charge is -2.05. The van der Waals surface area contributed by atoms with Crippen LogP contribution in [0.2, 0.25) is 0 Å². The highest BCUT2D eigenvalue weighted by molar-refractivity contribution is 5.94. The second-order valence-electron chi connectivity index (χ2n) is 8.08. The van der Waals surface area contributed by atoms with Crippen molar-refractivity contribution >= 4 is 23.0 Å². The van der Waals surface area contributed by atoms with Crippen molar-refractivity contribution in [2.75, 3.05) is 5.32 Å². The van der Waals surface area contributed by atoms with Crippen LogP contribution in [0, 0.1) is 11.8 Å². The Morgan fingerprint density at radius 1 is 0.862 bits per heavy atom. The van der Waals surface area contributed by atoms with E-state index in [1.165, 1.54) is 51.4 Å². The van der Waals surface area contributed by atoms with Crippen LogP contribution >= 0.6 is 0 Å². The van der Waals surface area contributed by atoms with Crippen LogP contribution in [0.25, 0.3) is 0 Å². The lowest BCUT2D eigenvalue weighted by atomic mass is 10.1. The summed E-state index contributed by atoms with van der Waals surface area (Å²) in [7, 11) is 0. The number of unbranched alkanes of at least 4 members (excludes halogenated alkanes) is 6. The smallest absolute Gasteiger partial charge is 0.227 e. The Kier molecular flexibility index (Phi) is 8.41. The third-order valence-corrected chi connectivity index (χ3v) is 5.61. The highest BCUT2D eigenvalue weighted by atomic mass is 16.2. The molecule has 4 nitrogen and oxygen atoms in total. The van der Waals surface area contributed by atoms with Crippen molar-refractivity contribution in [1.29, 1.82) is 0 Å². The minimum atomic E-state index is 0.164. The first kappa shape index (κ1) is 21.2. The topological polar surface area (TPSA) is 53.8 Å². The molecule has 1 aliphatic rings. The highest BCUT2D eigenvalue weighted by Gasteiger charge is 2.42. The third kappa shape index (κ3) is 7.45. The number of hydrogen-bond donors (Lipinski definition) is 1. The molecule has 0 aliphatic heterocycles. The van der Waals surface area contributed by atoms with Gasteiger partial charge in [0.05, 0.1) is 11.4 Å². The van der Waals surface area contributed by atoms with Gasteiger partial charge in [0.15, 0.2) is 0 Å². The number of hydrogen-bond acceptors (Lipinski definition) is 3. The van der Waals surface area contributed by atoms with Crippen LogP contribution in [0.5, 0.6) is 0 Å². The highest BCUT2D eigenvalue weighted by Crippen LogP contribution is 2.43. The Morgan fingerprint density at radius 3 is 2.17 bits per heavy atom. The number of amides is 1. The standard InChI is InChI=1S/C25H33N3O/c1-2-3-4-5-6-7-9-12-20-19-24(20)25(29)26-21-15-17-23(18-16-21)28-27-22-13-10-8-11-14-22/h8,10-11,13-18,20,24H,2-7,9,12,19H2,1H3,(H,26,29)/t20-,24-/m0/s1. The quantitative estimate of drug-likeness (QED) is 0.291. The Hall–Kier alpha value is -2.49. The van der Waals surface area contributed by atoms with Crippen molar-refractivity contribution in [3.63, 3.8) is 0 Å². The van der Waals surface area contributed by atoms with Crippen LogP contribution in [0.1, 0.15) is 64.7 Å². The summed E-state index contributed by atoms with van der Waals surface area (Å²) < 4.78 is 0. The van der Waals surface area contributed by atoms with E-state index in [2.05, 4.69) is 22.5 Å². The lowest BCUT2D eigenvalue weighted by molar-refractivity contribution is -0.117. The van der Waals surface area contributed by atoms with Gasteiger partial charge in [-0.25, -0.2) is 0 Å². The van der Waals surface area contributed by atoms with Gasteiger partial charge in [-0.15, -0.1) is 0 Å². The summed E-state index contributed by atoms with van der Waals surface area (Å²) in [6.07, 6.45) is 11.6. The van der Waals surface area contributed by atoms with E-state index in [0.717, 1.165) is 23.5 Å². The third-order valence-electron chi connectivity index (χ3n) is 5.61. The Labute approximate surface area is 174 Å². The summed E-state index contributed by atoms with van der Waals surface area (Å²) in [5.74, 6) is 0.953. The second kappa shape index (κ2) is 11.5. The molecule has 0 saturated heterocycles. The lowest BCUT2D eigenvalue weighted by Crippen LogP contribution is -2.14. The first-order valence-electron chi connectivity index (χ1n) is 11.1. The molecule has 1 fully saturated rings. The number of nitrogens with one attached hydrogen (secondary N) is 1. The molecule has 4 heteroatoms. The fraction of sp³-hybridized carbons (Fsp3) is 0.480. The van der Waals surface area contributed by atoms with E-state index in [1.807, 2.05) is 54.6 Å². The molecule has 0 heterocycles. The fourth-order valence-electron chi connectivity index (χ4n) is 3.71. The number of nitrogens with zero attached hydrogens (tertiary/aromatic N) is 2. The number of rotatable bonds is 12. The van der Waals surface area contributed by atoms with Crippen LogP contribution in [-0.2, 0) is 4.79 Å². The van der Waals surface area contributed by atoms with Gasteiger partial charge in [-0.2, -0.15) is 10.2 Å². The van der Waals surface area contributed by atoms with Crippen LogP contribution in [0.4, 0.5) is 17.1 Å². The summed E-state index contributed by atoms with van der Waals surface area (Å²) in [6, 6.07) is 17.2. The Balaban J connectivity index is 1.34. The molecule has 154 valence electrons. The Bertz CT molecular complexity index is 770. The molecular formula is C25H33N3O. The van der Waals surface area contributed by atoms with Gasteiger partial charge < -0.3 is 5.32 Å². The number of carbonyl (C=O) groups excluding carboxylic acids is 1. The van der Waals surface area contributed by atoms with Crippen molar-refractivity contribution < 1.29 is 4.79 Å². The van der Waals surface area contributed by atoms with Gasteiger partial charge in [0.1, 0.15) is 0 Å². The van der Waals surface area contributed by atoms with Crippen molar-refractivity contribution in [1.82, 2.24) is 0 Å². The molecule has 0 radical (unpaired) electrons. The van der Waals surface area contributed by atoms with Gasteiger partial charge in [-0.3, -0.25) is 4.79 Å². The van der Waals surface area contributed by atoms with Crippen LogP contribution in [0.15, 0.2) is 64.8 Å². The second-order valence-corrected chi connectivity index (χ2v) is 8.08. The summed E-state index contributed by atoms with van der Waals surface area (Å²) in [4.78, 5) is 12.4. The van der Waals surface area contributed by atoms with Crippen LogP contribution in [0.3, 0.4) is 0 Å². The van der Waals surface area contributed by atoms with E-state index in [0.29, 0.717) is 5.92 Å². The zero-order valence-electron chi connectivity index (χ0n) is 17.5. The maximum atomic E-state index is 12.4. The molecular weight excluding hydrogens is 358 g/mol. The SMILES string of the molecule is CCCCCCCCC[C@H]1C[C@@H]1C(=O)Nc1ccc(N=Nc2ccccc2)cc1. The zero-order valence-corrected chi connectivity index (χ0v) is 17.5. The molecule has 3 rings (SSSR count). The fourth-order valence-corrected chi connectivity index (χ4v) is 3.71. The molecule has 2 aromatic rings. The van der Waals surface area contributed by atoms with E-state index < -0.39 is 0 Å². The van der Waals surface area contributed by atoms with Gasteiger partial charge in [0.2, 0.25) is 5.91 Å². The molecule has 1 N–H and O–H groups in total. The maximum absolute atomic E-state index is 12.4. The molecule has 2 atom stereocenters. The monoisotopic (exact) mass is 391 g/mol. The Morgan fingerprint density at radius 2 is 1.48 bits per heavy atom. The van der Waals surface area contributed by atoms with Crippen molar-refractivity contribution in [3.8, 4) is 0 Å². The van der Waals surface area contributed by atoms with Gasteiger partial charge >= 0.3 is 0 Å². The van der Waals surface area contributed by atoms with E-state index in [-0.39, 0.29) is 11.8 Å². The summed E-state index contributed by atoms with van der Waals surface area (Å²) in [6.45, 7) is 2.25. The molecule has 0 unspecified atom stereocenters. The normalized spacial score (nSPS) is 18.1. The molecule has 29 heavy (non-hydrogen) atoms. The first-order chi connectivity index (χ1) is 14.3. The van der Waals surface area contributed by atoms with Crippen LogP contribution in [-0.4, -0.2) is 5.91 Å². The van der Waals surface area contributed by atoms with E-state index in [9.17, 15) is 4.79 Å². The number of anilines is 1. The number of azo groups is 1. The molecule has 0 aromatic heterocycles. The van der Waals surface area contributed by atoms with E-state index >= 15 is 0 Å². The van der Waals surface area contributed by atoms with E-state index in [4.69, 9.17) is 0 Å². The first-order valence-corrected chi connectivity index (χ1v) is 11.1. The van der Waals surface area contributed by atoms with Gasteiger partial charge in [-0.1, -0.05) is 70.1 Å². The molecule has 0 bridgehead atoms. The predicted molar refractivity (Wildman–Crippen MR) is 120 cm³/mol. The predicted octanol–water partition coefficient (Wildman–Crippen LogP) is 7.82. The minimum Gasteiger partial charge on any atom is -0.326 e. The number of benzene rings is 2. The summed E-state index contributed by atoms with van der Waals surface area (Å²) in [5.41, 5.74) is 2.43.